The summed E-state index contributed by atoms with van der Waals surface area (Å²) in [6.07, 6.45) is 5.43. The molecule has 0 aliphatic heterocycles. The first-order valence-electron chi connectivity index (χ1n) is 7.08. The van der Waals surface area contributed by atoms with Gasteiger partial charge in [-0.15, -0.1) is 0 Å². The average Bonchev–Trinajstić information content (AvgIpc) is 2.99. The van der Waals surface area contributed by atoms with Crippen LogP contribution >= 0.6 is 15.9 Å². The minimum Gasteiger partial charge on any atom is -0.345 e. The van der Waals surface area contributed by atoms with Crippen LogP contribution in [0.4, 0.5) is 11.6 Å². The van der Waals surface area contributed by atoms with E-state index in [-0.39, 0.29) is 0 Å². The van der Waals surface area contributed by atoms with E-state index in [1.165, 1.54) is 0 Å². The lowest BCUT2D eigenvalue weighted by Crippen LogP contribution is -1.97. The summed E-state index contributed by atoms with van der Waals surface area (Å²) in [6.45, 7) is 0. The van der Waals surface area contributed by atoms with Crippen molar-refractivity contribution in [2.24, 2.45) is 0 Å². The number of hydrogen-bond donors (Lipinski definition) is 2. The molecule has 0 amide bonds. The molecule has 0 saturated heterocycles. The summed E-state index contributed by atoms with van der Waals surface area (Å²) < 4.78 is 1.00. The fourth-order valence-corrected chi connectivity index (χ4v) is 2.83. The largest absolute Gasteiger partial charge is 0.345 e. The Hall–Kier alpha value is -2.73. The van der Waals surface area contributed by atoms with Gasteiger partial charge >= 0.3 is 0 Å². The third-order valence-corrected chi connectivity index (χ3v) is 3.96. The number of aromatic amines is 1. The Kier molecular flexibility index (Phi) is 3.51. The summed E-state index contributed by atoms with van der Waals surface area (Å²) in [4.78, 5) is 16.4. The van der Waals surface area contributed by atoms with Gasteiger partial charge in [-0.1, -0.05) is 22.0 Å². The van der Waals surface area contributed by atoms with Crippen LogP contribution in [-0.4, -0.2) is 19.9 Å². The summed E-state index contributed by atoms with van der Waals surface area (Å²) >= 11 is 3.46. The standard InChI is InChI=1S/C17H12BrN5/c18-11-3-1-4-12(9-11)22-17-20-8-6-15(23-17)14-10-21-16-13(14)5-2-7-19-16/h1-10H,(H,19,21)(H,20,22,23). The van der Waals surface area contributed by atoms with E-state index in [1.54, 1.807) is 12.4 Å². The maximum Gasteiger partial charge on any atom is 0.227 e. The fourth-order valence-electron chi connectivity index (χ4n) is 2.43. The molecular formula is C17H12BrN5. The van der Waals surface area contributed by atoms with Crippen molar-refractivity contribution in [2.75, 3.05) is 5.32 Å². The molecule has 0 aliphatic rings. The Bertz CT molecular complexity index is 979. The molecule has 0 radical (unpaired) electrons. The molecule has 23 heavy (non-hydrogen) atoms. The van der Waals surface area contributed by atoms with Crippen LogP contribution in [0.1, 0.15) is 0 Å². The highest BCUT2D eigenvalue weighted by Crippen LogP contribution is 2.27. The van der Waals surface area contributed by atoms with Gasteiger partial charge in [-0.05, 0) is 36.4 Å². The summed E-state index contributed by atoms with van der Waals surface area (Å²) in [5, 5.41) is 4.26. The Labute approximate surface area is 141 Å². The molecule has 0 saturated carbocycles. The van der Waals surface area contributed by atoms with Crippen molar-refractivity contribution >= 4 is 38.6 Å². The average molecular weight is 366 g/mol. The number of pyridine rings is 1. The normalized spacial score (nSPS) is 10.8. The number of aromatic nitrogens is 4. The second-order valence-corrected chi connectivity index (χ2v) is 5.92. The summed E-state index contributed by atoms with van der Waals surface area (Å²) in [6, 6.07) is 13.7. The van der Waals surface area contributed by atoms with Crippen LogP contribution in [0.3, 0.4) is 0 Å². The topological polar surface area (TPSA) is 66.5 Å². The molecule has 2 N–H and O–H groups in total. The number of anilines is 2. The number of hydrogen-bond acceptors (Lipinski definition) is 4. The zero-order valence-electron chi connectivity index (χ0n) is 12.0. The monoisotopic (exact) mass is 365 g/mol. The maximum atomic E-state index is 4.60. The van der Waals surface area contributed by atoms with Crippen molar-refractivity contribution in [3.8, 4) is 11.3 Å². The molecule has 0 bridgehead atoms. The SMILES string of the molecule is Brc1cccc(Nc2nccc(-c3c[nH]c4ncccc34)n2)c1. The quantitative estimate of drug-likeness (QED) is 0.559. The molecule has 0 aliphatic carbocycles. The first-order chi connectivity index (χ1) is 11.3. The number of nitrogens with one attached hydrogen (secondary N) is 2. The highest BCUT2D eigenvalue weighted by atomic mass is 79.9. The van der Waals surface area contributed by atoms with Crippen molar-refractivity contribution in [3.05, 3.63) is 65.5 Å². The van der Waals surface area contributed by atoms with Gasteiger partial charge in [0.15, 0.2) is 0 Å². The smallest absolute Gasteiger partial charge is 0.227 e. The van der Waals surface area contributed by atoms with Gasteiger partial charge in [-0.2, -0.15) is 0 Å². The third-order valence-electron chi connectivity index (χ3n) is 3.46. The molecule has 3 aromatic heterocycles. The molecule has 6 heteroatoms. The molecule has 1 aromatic carbocycles. The van der Waals surface area contributed by atoms with E-state index in [2.05, 4.69) is 41.2 Å². The van der Waals surface area contributed by atoms with Gasteiger partial charge in [0.25, 0.3) is 0 Å². The van der Waals surface area contributed by atoms with Gasteiger partial charge in [0.05, 0.1) is 5.69 Å². The predicted octanol–water partition coefficient (Wildman–Crippen LogP) is 4.53. The van der Waals surface area contributed by atoms with Crippen LogP contribution in [-0.2, 0) is 0 Å². The summed E-state index contributed by atoms with van der Waals surface area (Å²) in [7, 11) is 0. The van der Waals surface area contributed by atoms with Crippen LogP contribution < -0.4 is 5.32 Å². The third kappa shape index (κ3) is 2.80. The van der Waals surface area contributed by atoms with E-state index in [9.17, 15) is 0 Å². The van der Waals surface area contributed by atoms with Gasteiger partial charge in [0, 0.05) is 39.7 Å². The van der Waals surface area contributed by atoms with Crippen LogP contribution in [0.5, 0.6) is 0 Å². The summed E-state index contributed by atoms with van der Waals surface area (Å²) in [5.41, 5.74) is 3.63. The Morgan fingerprint density at radius 2 is 1.96 bits per heavy atom. The number of benzene rings is 1. The van der Waals surface area contributed by atoms with Gasteiger partial charge < -0.3 is 10.3 Å². The van der Waals surface area contributed by atoms with Crippen molar-refractivity contribution in [1.29, 1.82) is 0 Å². The first-order valence-corrected chi connectivity index (χ1v) is 7.87. The fraction of sp³-hybridized carbons (Fsp3) is 0. The highest BCUT2D eigenvalue weighted by Gasteiger charge is 2.09. The van der Waals surface area contributed by atoms with Crippen LogP contribution in [0.25, 0.3) is 22.3 Å². The number of H-pyrrole nitrogens is 1. The molecule has 0 atom stereocenters. The van der Waals surface area contributed by atoms with Crippen molar-refractivity contribution in [1.82, 2.24) is 19.9 Å². The van der Waals surface area contributed by atoms with Gasteiger partial charge in [0.1, 0.15) is 5.65 Å². The van der Waals surface area contributed by atoms with Crippen molar-refractivity contribution in [3.63, 3.8) is 0 Å². The zero-order valence-corrected chi connectivity index (χ0v) is 13.6. The second-order valence-electron chi connectivity index (χ2n) is 5.00. The minimum atomic E-state index is 0.554. The zero-order chi connectivity index (χ0) is 15.6. The number of fused-ring (bicyclic) bond motifs is 1. The van der Waals surface area contributed by atoms with E-state index in [4.69, 9.17) is 0 Å². The number of rotatable bonds is 3. The molecule has 0 fully saturated rings. The number of halogens is 1. The highest BCUT2D eigenvalue weighted by molar-refractivity contribution is 9.10. The Balaban J connectivity index is 1.71. The Morgan fingerprint density at radius 3 is 2.87 bits per heavy atom. The van der Waals surface area contributed by atoms with Gasteiger partial charge in [-0.25, -0.2) is 15.0 Å². The molecule has 3 heterocycles. The van der Waals surface area contributed by atoms with E-state index >= 15 is 0 Å². The minimum absolute atomic E-state index is 0.554. The molecule has 0 spiro atoms. The molecule has 112 valence electrons. The molecule has 4 rings (SSSR count). The van der Waals surface area contributed by atoms with Crippen LogP contribution in [0, 0.1) is 0 Å². The lowest BCUT2D eigenvalue weighted by molar-refractivity contribution is 1.17. The number of nitrogens with zero attached hydrogens (tertiary/aromatic N) is 3. The summed E-state index contributed by atoms with van der Waals surface area (Å²) in [5.74, 6) is 0.554. The molecule has 0 unspecified atom stereocenters. The molecule has 4 aromatic rings. The van der Waals surface area contributed by atoms with Crippen molar-refractivity contribution < 1.29 is 0 Å². The lowest BCUT2D eigenvalue weighted by Gasteiger charge is -2.06. The Morgan fingerprint density at radius 1 is 1.00 bits per heavy atom. The second kappa shape index (κ2) is 5.81. The predicted molar refractivity (Wildman–Crippen MR) is 94.5 cm³/mol. The van der Waals surface area contributed by atoms with Crippen LogP contribution in [0.15, 0.2) is 65.5 Å². The first kappa shape index (κ1) is 13.9. The van der Waals surface area contributed by atoms with E-state index in [0.717, 1.165) is 32.5 Å². The van der Waals surface area contributed by atoms with Gasteiger partial charge in [-0.3, -0.25) is 0 Å². The molecule has 5 nitrogen and oxygen atoms in total. The van der Waals surface area contributed by atoms with Crippen LogP contribution in [0.2, 0.25) is 0 Å². The molecular weight excluding hydrogens is 354 g/mol. The van der Waals surface area contributed by atoms with Gasteiger partial charge in [0.2, 0.25) is 5.95 Å². The van der Waals surface area contributed by atoms with Crippen molar-refractivity contribution in [2.45, 2.75) is 0 Å². The van der Waals surface area contributed by atoms with E-state index < -0.39 is 0 Å². The maximum absolute atomic E-state index is 4.60. The lowest BCUT2D eigenvalue weighted by atomic mass is 10.1. The van der Waals surface area contributed by atoms with E-state index in [1.807, 2.05) is 48.7 Å². The van der Waals surface area contributed by atoms with E-state index in [0.29, 0.717) is 5.95 Å².